The molecule has 0 unspecified atom stereocenters. The van der Waals surface area contributed by atoms with Crippen molar-refractivity contribution >= 4 is 43.6 Å². The number of nitrogens with two attached hydrogens (primary N) is 1. The van der Waals surface area contributed by atoms with Gasteiger partial charge in [0.25, 0.3) is 0 Å². The molecule has 0 saturated heterocycles. The highest BCUT2D eigenvalue weighted by molar-refractivity contribution is 7.92. The Balaban J connectivity index is 1.88. The number of hydrogen-bond donors (Lipinski definition) is 2. The molecule has 34 heavy (non-hydrogen) atoms. The van der Waals surface area contributed by atoms with E-state index >= 15 is 0 Å². The normalized spacial score (nSPS) is 12.5. The van der Waals surface area contributed by atoms with Crippen LogP contribution in [0.25, 0.3) is 33.2 Å². The second-order valence-corrected chi connectivity index (χ2v) is 10.5. The third-order valence-corrected chi connectivity index (χ3v) is 5.70. The van der Waals surface area contributed by atoms with Crippen LogP contribution in [0.1, 0.15) is 26.6 Å². The molecule has 0 aliphatic rings. The number of hydrogen-bond acceptors (Lipinski definition) is 7. The lowest BCUT2D eigenvalue weighted by Gasteiger charge is -2.18. The van der Waals surface area contributed by atoms with Crippen LogP contribution in [0, 0.1) is 0 Å². The molecule has 1 aromatic carbocycles. The van der Waals surface area contributed by atoms with Gasteiger partial charge in [-0.3, -0.25) is 9.71 Å². The topological polar surface area (TPSA) is 125 Å². The Morgan fingerprint density at radius 3 is 2.62 bits per heavy atom. The van der Waals surface area contributed by atoms with Gasteiger partial charge in [-0.15, -0.1) is 0 Å². The number of anilines is 2. The van der Waals surface area contributed by atoms with Crippen LogP contribution in [-0.4, -0.2) is 46.5 Å². The molecule has 0 aliphatic heterocycles. The van der Waals surface area contributed by atoms with Crippen molar-refractivity contribution in [3.05, 3.63) is 42.4 Å². The summed E-state index contributed by atoms with van der Waals surface area (Å²) >= 11 is 0. The Labute approximate surface area is 197 Å². The van der Waals surface area contributed by atoms with Gasteiger partial charge < -0.3 is 15.0 Å². The molecule has 4 aromatic rings. The van der Waals surface area contributed by atoms with Gasteiger partial charge in [0.2, 0.25) is 10.0 Å². The Morgan fingerprint density at radius 1 is 1.18 bits per heavy atom. The lowest BCUT2D eigenvalue weighted by Crippen LogP contribution is -2.22. The van der Waals surface area contributed by atoms with Crippen LogP contribution < -0.4 is 10.5 Å². The maximum absolute atomic E-state index is 14.7. The quantitative estimate of drug-likeness (QED) is 0.387. The van der Waals surface area contributed by atoms with Gasteiger partial charge in [-0.05, 0) is 44.5 Å². The largest absolute Gasteiger partial charge is 0.382 e. The second-order valence-electron chi connectivity index (χ2n) is 8.71. The minimum atomic E-state index is -3.41. The number of rotatable bonds is 8. The number of nitrogens with zero attached hydrogens (tertiary/aromatic N) is 4. The number of halogens is 1. The first-order valence-electron chi connectivity index (χ1n) is 10.7. The molecule has 3 aromatic heterocycles. The van der Waals surface area contributed by atoms with Crippen molar-refractivity contribution in [2.75, 3.05) is 23.3 Å². The zero-order valence-electron chi connectivity index (χ0n) is 19.5. The highest BCUT2D eigenvalue weighted by atomic mass is 32.2. The third kappa shape index (κ3) is 5.10. The lowest BCUT2D eigenvalue weighted by molar-refractivity contribution is 0.120. The predicted molar refractivity (Wildman–Crippen MR) is 132 cm³/mol. The summed E-state index contributed by atoms with van der Waals surface area (Å²) in [6.07, 6.45) is 2.76. The summed E-state index contributed by atoms with van der Waals surface area (Å²) in [5.74, 6) is 0.760. The number of ether oxygens (including phenoxy) is 1. The maximum atomic E-state index is 14.7. The third-order valence-electron chi connectivity index (χ3n) is 5.09. The minimum Gasteiger partial charge on any atom is -0.382 e. The average Bonchev–Trinajstić information content (AvgIpc) is 3.08. The Hall–Kier alpha value is -3.31. The number of imidazole rings is 1. The Morgan fingerprint density at radius 2 is 1.94 bits per heavy atom. The second kappa shape index (κ2) is 8.80. The molecule has 0 aliphatic carbocycles. The number of aromatic nitrogens is 4. The number of nitrogens with one attached hydrogen (secondary N) is 1. The summed E-state index contributed by atoms with van der Waals surface area (Å²) in [7, 11) is -3.41. The molecule has 0 fully saturated rings. The molecule has 3 N–H and O–H groups in total. The zero-order chi connectivity index (χ0) is 24.7. The predicted octanol–water partition coefficient (Wildman–Crippen LogP) is 3.88. The number of pyridine rings is 2. The van der Waals surface area contributed by atoms with Crippen molar-refractivity contribution in [3.8, 4) is 11.1 Å². The summed E-state index contributed by atoms with van der Waals surface area (Å²) in [5, 5.41) is 0. The van der Waals surface area contributed by atoms with Crippen LogP contribution in [0.15, 0.2) is 36.5 Å². The van der Waals surface area contributed by atoms with Gasteiger partial charge in [0, 0.05) is 24.1 Å². The van der Waals surface area contributed by atoms with Crippen molar-refractivity contribution in [2.24, 2.45) is 0 Å². The molecule has 4 rings (SSSR count). The van der Waals surface area contributed by atoms with E-state index in [1.165, 1.54) is 13.8 Å². The standard InChI is InChI=1S/C23H27FN6O3S/c1-5-33-12-18-28-20-21(30(18)13-23(2,3)24)19-17(27-22(20)25)10-15(11-26-19)14-7-6-8-16(9-14)29-34(4,31)32/h6-11,29H,5,12-13H2,1-4H3,(H2,25,27). The first kappa shape index (κ1) is 23.8. The van der Waals surface area contributed by atoms with Crippen molar-refractivity contribution in [1.82, 2.24) is 19.5 Å². The fraction of sp³-hybridized carbons (Fsp3) is 0.348. The van der Waals surface area contributed by atoms with Gasteiger partial charge in [-0.25, -0.2) is 22.8 Å². The van der Waals surface area contributed by atoms with E-state index in [-0.39, 0.29) is 19.0 Å². The summed E-state index contributed by atoms with van der Waals surface area (Å²) < 4.78 is 47.7. The zero-order valence-corrected chi connectivity index (χ0v) is 20.3. The molecule has 11 heteroatoms. The van der Waals surface area contributed by atoms with Crippen molar-refractivity contribution in [1.29, 1.82) is 0 Å². The number of sulfonamides is 1. The molecule has 9 nitrogen and oxygen atoms in total. The van der Waals surface area contributed by atoms with Crippen molar-refractivity contribution < 1.29 is 17.5 Å². The van der Waals surface area contributed by atoms with Crippen LogP contribution in [-0.2, 0) is 27.9 Å². The molecule has 0 saturated carbocycles. The van der Waals surface area contributed by atoms with Crippen molar-refractivity contribution in [3.63, 3.8) is 0 Å². The molecule has 3 heterocycles. The molecule has 0 bridgehead atoms. The van der Waals surface area contributed by atoms with Gasteiger partial charge in [0.1, 0.15) is 34.7 Å². The van der Waals surface area contributed by atoms with E-state index in [4.69, 9.17) is 10.5 Å². The highest BCUT2D eigenvalue weighted by Crippen LogP contribution is 2.32. The SMILES string of the molecule is CCOCc1nc2c(N)nc3cc(-c4cccc(NS(C)(=O)=O)c4)cnc3c2n1CC(C)(C)F. The number of alkyl halides is 1. The van der Waals surface area contributed by atoms with E-state index in [0.29, 0.717) is 40.2 Å². The molecule has 0 atom stereocenters. The molecule has 0 spiro atoms. The first-order chi connectivity index (χ1) is 15.9. The van der Waals surface area contributed by atoms with Crippen molar-refractivity contribution in [2.45, 2.75) is 39.6 Å². The molecular formula is C23H27FN6O3S. The van der Waals surface area contributed by atoms with E-state index in [9.17, 15) is 12.8 Å². The van der Waals surface area contributed by atoms with Gasteiger partial charge in [0.15, 0.2) is 5.82 Å². The van der Waals surface area contributed by atoms with Gasteiger partial charge in [-0.1, -0.05) is 12.1 Å². The van der Waals surface area contributed by atoms with Gasteiger partial charge in [-0.2, -0.15) is 0 Å². The number of benzene rings is 1. The summed E-state index contributed by atoms with van der Waals surface area (Å²) in [6, 6.07) is 8.78. The smallest absolute Gasteiger partial charge is 0.229 e. The summed E-state index contributed by atoms with van der Waals surface area (Å²) in [6.45, 7) is 5.62. The van der Waals surface area contributed by atoms with Crippen LogP contribution in [0.2, 0.25) is 0 Å². The van der Waals surface area contributed by atoms with Crippen LogP contribution >= 0.6 is 0 Å². The number of fused-ring (bicyclic) bond motifs is 3. The van der Waals surface area contributed by atoms with Gasteiger partial charge >= 0.3 is 0 Å². The van der Waals surface area contributed by atoms with Gasteiger partial charge in [0.05, 0.1) is 18.3 Å². The van der Waals surface area contributed by atoms with Crippen LogP contribution in [0.3, 0.4) is 0 Å². The Bertz CT molecular complexity index is 1480. The highest BCUT2D eigenvalue weighted by Gasteiger charge is 2.24. The summed E-state index contributed by atoms with van der Waals surface area (Å²) in [4.78, 5) is 13.7. The van der Waals surface area contributed by atoms with E-state index in [0.717, 1.165) is 17.4 Å². The molecular weight excluding hydrogens is 459 g/mol. The number of nitrogen functional groups attached to an aromatic ring is 1. The fourth-order valence-corrected chi connectivity index (χ4v) is 4.36. The molecule has 180 valence electrons. The summed E-state index contributed by atoms with van der Waals surface area (Å²) in [5.41, 5.74) is 8.76. The average molecular weight is 487 g/mol. The van der Waals surface area contributed by atoms with E-state index in [2.05, 4.69) is 19.7 Å². The lowest BCUT2D eigenvalue weighted by atomic mass is 10.1. The monoisotopic (exact) mass is 486 g/mol. The van der Waals surface area contributed by atoms with Crippen LogP contribution in [0.5, 0.6) is 0 Å². The van der Waals surface area contributed by atoms with E-state index in [1.54, 1.807) is 29.0 Å². The van der Waals surface area contributed by atoms with E-state index < -0.39 is 15.7 Å². The van der Waals surface area contributed by atoms with Crippen LogP contribution in [0.4, 0.5) is 15.9 Å². The minimum absolute atomic E-state index is 0.0487. The molecule has 0 radical (unpaired) electrons. The molecule has 0 amide bonds. The van der Waals surface area contributed by atoms with E-state index in [1.807, 2.05) is 19.1 Å². The first-order valence-corrected chi connectivity index (χ1v) is 12.6. The fourth-order valence-electron chi connectivity index (χ4n) is 3.81. The Kier molecular flexibility index (Phi) is 6.17. The maximum Gasteiger partial charge on any atom is 0.229 e.